The molecule has 0 aromatic heterocycles. The van der Waals surface area contributed by atoms with Crippen LogP contribution in [-0.4, -0.2) is 77.6 Å². The standard InChI is InChI=1S/C19H28ClN3O2S/c1-4-22(5-2)18(24)14-21-10-12-23(13-11-21)19(25)15(3)26-17-8-6-16(20)7-9-17/h6-9,15H,4-5,10-14H2,1-3H3. The minimum absolute atomic E-state index is 0.139. The van der Waals surface area contributed by atoms with Crippen LogP contribution in [0.2, 0.25) is 5.02 Å². The summed E-state index contributed by atoms with van der Waals surface area (Å²) >= 11 is 7.46. The van der Waals surface area contributed by atoms with E-state index < -0.39 is 0 Å². The molecule has 1 saturated heterocycles. The van der Waals surface area contributed by atoms with Gasteiger partial charge in [-0.25, -0.2) is 0 Å². The summed E-state index contributed by atoms with van der Waals surface area (Å²) in [7, 11) is 0. The Morgan fingerprint density at radius 3 is 2.23 bits per heavy atom. The number of nitrogens with zero attached hydrogens (tertiary/aromatic N) is 3. The Morgan fingerprint density at radius 2 is 1.69 bits per heavy atom. The van der Waals surface area contributed by atoms with Crippen molar-refractivity contribution in [2.45, 2.75) is 30.9 Å². The first-order valence-corrected chi connectivity index (χ1v) is 10.4. The topological polar surface area (TPSA) is 43.9 Å². The fourth-order valence-corrected chi connectivity index (χ4v) is 4.10. The van der Waals surface area contributed by atoms with Crippen molar-refractivity contribution < 1.29 is 9.59 Å². The van der Waals surface area contributed by atoms with Crippen molar-refractivity contribution in [2.24, 2.45) is 0 Å². The molecule has 2 rings (SSSR count). The van der Waals surface area contributed by atoms with Gasteiger partial charge in [0.15, 0.2) is 0 Å². The molecule has 26 heavy (non-hydrogen) atoms. The average Bonchev–Trinajstić information content (AvgIpc) is 2.64. The third-order valence-corrected chi connectivity index (χ3v) is 5.98. The summed E-state index contributed by atoms with van der Waals surface area (Å²) in [4.78, 5) is 31.8. The van der Waals surface area contributed by atoms with Crippen molar-refractivity contribution in [1.82, 2.24) is 14.7 Å². The molecule has 1 aromatic rings. The number of carbonyl (C=O) groups is 2. The second kappa shape index (κ2) is 10.2. The zero-order valence-electron chi connectivity index (χ0n) is 15.8. The van der Waals surface area contributed by atoms with Crippen molar-refractivity contribution in [2.75, 3.05) is 45.8 Å². The van der Waals surface area contributed by atoms with Crippen LogP contribution in [0.15, 0.2) is 29.2 Å². The number of hydrogen-bond acceptors (Lipinski definition) is 4. The van der Waals surface area contributed by atoms with E-state index in [1.54, 1.807) is 11.8 Å². The zero-order chi connectivity index (χ0) is 19.1. The van der Waals surface area contributed by atoms with Crippen molar-refractivity contribution >= 4 is 35.2 Å². The molecule has 0 saturated carbocycles. The molecular formula is C19H28ClN3O2S. The lowest BCUT2D eigenvalue weighted by atomic mass is 10.2. The molecule has 2 amide bonds. The monoisotopic (exact) mass is 397 g/mol. The molecule has 0 aliphatic carbocycles. The van der Waals surface area contributed by atoms with Gasteiger partial charge >= 0.3 is 0 Å². The number of thioether (sulfide) groups is 1. The van der Waals surface area contributed by atoms with E-state index >= 15 is 0 Å². The van der Waals surface area contributed by atoms with Gasteiger partial charge in [0.05, 0.1) is 11.8 Å². The summed E-state index contributed by atoms with van der Waals surface area (Å²) in [6.45, 7) is 10.7. The Morgan fingerprint density at radius 1 is 1.12 bits per heavy atom. The maximum absolute atomic E-state index is 12.7. The Labute approximate surface area is 165 Å². The first-order chi connectivity index (χ1) is 12.4. The molecule has 5 nitrogen and oxygen atoms in total. The Hall–Kier alpha value is -1.24. The summed E-state index contributed by atoms with van der Waals surface area (Å²) in [6.07, 6.45) is 0. The molecule has 144 valence electrons. The van der Waals surface area contributed by atoms with Crippen LogP contribution in [0.4, 0.5) is 0 Å². The van der Waals surface area contributed by atoms with E-state index in [1.807, 2.05) is 54.8 Å². The van der Waals surface area contributed by atoms with Crippen molar-refractivity contribution in [3.05, 3.63) is 29.3 Å². The number of piperazine rings is 1. The van der Waals surface area contributed by atoms with Crippen LogP contribution in [-0.2, 0) is 9.59 Å². The predicted octanol–water partition coefficient (Wildman–Crippen LogP) is 2.83. The third kappa shape index (κ3) is 5.89. The van der Waals surface area contributed by atoms with Gasteiger partial charge in [-0.05, 0) is 45.0 Å². The molecule has 0 bridgehead atoms. The molecule has 1 aliphatic rings. The van der Waals surface area contributed by atoms with Gasteiger partial charge < -0.3 is 9.80 Å². The van der Waals surface area contributed by atoms with Crippen LogP contribution >= 0.6 is 23.4 Å². The first-order valence-electron chi connectivity index (χ1n) is 9.15. The molecule has 1 atom stereocenters. The second-order valence-corrected chi connectivity index (χ2v) is 8.23. The Balaban J connectivity index is 1.80. The largest absolute Gasteiger partial charge is 0.342 e. The zero-order valence-corrected chi connectivity index (χ0v) is 17.4. The Kier molecular flexibility index (Phi) is 8.25. The first kappa shape index (κ1) is 21.1. The van der Waals surface area contributed by atoms with Gasteiger partial charge in [0.2, 0.25) is 11.8 Å². The molecule has 1 fully saturated rings. The van der Waals surface area contributed by atoms with Gasteiger partial charge in [-0.1, -0.05) is 11.6 Å². The van der Waals surface area contributed by atoms with E-state index in [1.165, 1.54) is 0 Å². The maximum atomic E-state index is 12.7. The number of likely N-dealkylation sites (N-methyl/N-ethyl adjacent to an activating group) is 1. The molecule has 7 heteroatoms. The van der Waals surface area contributed by atoms with E-state index in [-0.39, 0.29) is 17.1 Å². The van der Waals surface area contributed by atoms with Gasteiger partial charge in [0.25, 0.3) is 0 Å². The molecule has 0 spiro atoms. The highest BCUT2D eigenvalue weighted by Gasteiger charge is 2.26. The molecule has 1 aliphatic heterocycles. The number of hydrogen-bond donors (Lipinski definition) is 0. The quantitative estimate of drug-likeness (QED) is 0.663. The highest BCUT2D eigenvalue weighted by atomic mass is 35.5. The minimum atomic E-state index is -0.139. The summed E-state index contributed by atoms with van der Waals surface area (Å²) in [6, 6.07) is 7.56. The van der Waals surface area contributed by atoms with Crippen LogP contribution in [0.1, 0.15) is 20.8 Å². The van der Waals surface area contributed by atoms with Gasteiger partial charge in [-0.3, -0.25) is 14.5 Å². The lowest BCUT2D eigenvalue weighted by Gasteiger charge is -2.36. The normalized spacial score (nSPS) is 16.4. The third-order valence-electron chi connectivity index (χ3n) is 4.63. The van der Waals surface area contributed by atoms with Crippen LogP contribution < -0.4 is 0 Å². The Bertz CT molecular complexity index is 599. The van der Waals surface area contributed by atoms with E-state index in [9.17, 15) is 9.59 Å². The van der Waals surface area contributed by atoms with Crippen LogP contribution in [0.3, 0.4) is 0 Å². The van der Waals surface area contributed by atoms with Crippen molar-refractivity contribution in [3.8, 4) is 0 Å². The highest BCUT2D eigenvalue weighted by molar-refractivity contribution is 8.00. The molecule has 0 N–H and O–H groups in total. The summed E-state index contributed by atoms with van der Waals surface area (Å²) in [5.74, 6) is 0.320. The number of amides is 2. The fourth-order valence-electron chi connectivity index (χ4n) is 3.02. The lowest BCUT2D eigenvalue weighted by molar-refractivity contribution is -0.134. The second-order valence-electron chi connectivity index (χ2n) is 6.38. The summed E-state index contributed by atoms with van der Waals surface area (Å²) < 4.78 is 0. The smallest absolute Gasteiger partial charge is 0.236 e. The van der Waals surface area contributed by atoms with Crippen LogP contribution in [0.25, 0.3) is 0 Å². The van der Waals surface area contributed by atoms with Gasteiger partial charge in [0, 0.05) is 49.2 Å². The van der Waals surface area contributed by atoms with Gasteiger partial charge in [0.1, 0.15) is 0 Å². The molecule has 1 aromatic carbocycles. The lowest BCUT2D eigenvalue weighted by Crippen LogP contribution is -2.52. The molecule has 0 radical (unpaired) electrons. The van der Waals surface area contributed by atoms with E-state index in [0.29, 0.717) is 24.7 Å². The van der Waals surface area contributed by atoms with Gasteiger partial charge in [-0.15, -0.1) is 11.8 Å². The predicted molar refractivity (Wildman–Crippen MR) is 108 cm³/mol. The molecular weight excluding hydrogens is 370 g/mol. The summed E-state index contributed by atoms with van der Waals surface area (Å²) in [5.41, 5.74) is 0. The van der Waals surface area contributed by atoms with E-state index in [0.717, 1.165) is 31.1 Å². The van der Waals surface area contributed by atoms with E-state index in [4.69, 9.17) is 11.6 Å². The van der Waals surface area contributed by atoms with E-state index in [2.05, 4.69) is 4.90 Å². The number of halogens is 1. The van der Waals surface area contributed by atoms with Crippen molar-refractivity contribution in [3.63, 3.8) is 0 Å². The highest BCUT2D eigenvalue weighted by Crippen LogP contribution is 2.26. The number of rotatable bonds is 7. The number of carbonyl (C=O) groups excluding carboxylic acids is 2. The minimum Gasteiger partial charge on any atom is -0.342 e. The van der Waals surface area contributed by atoms with Crippen LogP contribution in [0, 0.1) is 0 Å². The van der Waals surface area contributed by atoms with Crippen LogP contribution in [0.5, 0.6) is 0 Å². The van der Waals surface area contributed by atoms with Crippen molar-refractivity contribution in [1.29, 1.82) is 0 Å². The molecule has 1 heterocycles. The maximum Gasteiger partial charge on any atom is 0.236 e. The average molecular weight is 398 g/mol. The molecule has 1 unspecified atom stereocenters. The van der Waals surface area contributed by atoms with Gasteiger partial charge in [-0.2, -0.15) is 0 Å². The summed E-state index contributed by atoms with van der Waals surface area (Å²) in [5, 5.41) is 0.559. The number of benzene rings is 1. The fraction of sp³-hybridized carbons (Fsp3) is 0.579. The SMILES string of the molecule is CCN(CC)C(=O)CN1CCN(C(=O)C(C)Sc2ccc(Cl)cc2)CC1.